The minimum Gasteiger partial charge on any atom is -0.310 e. The SMILES string of the molecule is CCC(NC)c1noc(=O)[nH]1. The molecule has 0 aromatic carbocycles. The van der Waals surface area contributed by atoms with E-state index in [9.17, 15) is 4.79 Å². The van der Waals surface area contributed by atoms with E-state index in [0.717, 1.165) is 6.42 Å². The Bertz CT molecular complexity index is 261. The molecule has 62 valence electrons. The number of hydrogen-bond donors (Lipinski definition) is 2. The second-order valence-electron chi connectivity index (χ2n) is 2.23. The molecule has 1 unspecified atom stereocenters. The van der Waals surface area contributed by atoms with Gasteiger partial charge in [-0.2, -0.15) is 0 Å². The third-order valence-corrected chi connectivity index (χ3v) is 1.54. The van der Waals surface area contributed by atoms with Crippen molar-refractivity contribution in [1.82, 2.24) is 15.5 Å². The van der Waals surface area contributed by atoms with Gasteiger partial charge in [-0.15, -0.1) is 0 Å². The Morgan fingerprint density at radius 3 is 2.91 bits per heavy atom. The lowest BCUT2D eigenvalue weighted by Gasteiger charge is -2.07. The van der Waals surface area contributed by atoms with E-state index < -0.39 is 5.76 Å². The first-order chi connectivity index (χ1) is 5.27. The van der Waals surface area contributed by atoms with Crippen LogP contribution in [0.5, 0.6) is 0 Å². The Balaban J connectivity index is 2.81. The predicted octanol–water partition coefficient (Wildman–Crippen LogP) is 0.0334. The summed E-state index contributed by atoms with van der Waals surface area (Å²) >= 11 is 0. The summed E-state index contributed by atoms with van der Waals surface area (Å²) in [5.74, 6) is 0.0497. The molecule has 1 aromatic rings. The van der Waals surface area contributed by atoms with Gasteiger partial charge in [-0.05, 0) is 13.5 Å². The van der Waals surface area contributed by atoms with Crippen molar-refractivity contribution >= 4 is 0 Å². The molecule has 0 bridgehead atoms. The summed E-state index contributed by atoms with van der Waals surface area (Å²) in [4.78, 5) is 13.0. The third kappa shape index (κ3) is 1.68. The van der Waals surface area contributed by atoms with Gasteiger partial charge in [-0.1, -0.05) is 12.1 Å². The van der Waals surface area contributed by atoms with Gasteiger partial charge >= 0.3 is 5.76 Å². The van der Waals surface area contributed by atoms with Crippen LogP contribution in [0.25, 0.3) is 0 Å². The van der Waals surface area contributed by atoms with Crippen molar-refractivity contribution in [3.63, 3.8) is 0 Å². The molecule has 5 heteroatoms. The van der Waals surface area contributed by atoms with E-state index in [2.05, 4.69) is 20.0 Å². The number of aromatic amines is 1. The highest BCUT2D eigenvalue weighted by atomic mass is 16.5. The second-order valence-corrected chi connectivity index (χ2v) is 2.23. The Labute approximate surface area is 63.8 Å². The normalized spacial score (nSPS) is 13.3. The van der Waals surface area contributed by atoms with Crippen LogP contribution in [0.15, 0.2) is 9.32 Å². The minimum atomic E-state index is -0.506. The van der Waals surface area contributed by atoms with Crippen LogP contribution in [0.2, 0.25) is 0 Å². The van der Waals surface area contributed by atoms with E-state index >= 15 is 0 Å². The molecule has 0 fully saturated rings. The molecule has 1 heterocycles. The standard InChI is InChI=1S/C6H11N3O2/c1-3-4(7-2)5-8-6(10)11-9-5/h4,7H,3H2,1-2H3,(H,8,9,10). The van der Waals surface area contributed by atoms with E-state index in [1.165, 1.54) is 0 Å². The van der Waals surface area contributed by atoms with Gasteiger partial charge in [0.15, 0.2) is 5.82 Å². The zero-order valence-electron chi connectivity index (χ0n) is 6.55. The molecule has 0 aliphatic rings. The zero-order valence-corrected chi connectivity index (χ0v) is 6.55. The monoisotopic (exact) mass is 157 g/mol. The highest BCUT2D eigenvalue weighted by Gasteiger charge is 2.10. The van der Waals surface area contributed by atoms with Crippen LogP contribution >= 0.6 is 0 Å². The van der Waals surface area contributed by atoms with Crippen molar-refractivity contribution in [2.45, 2.75) is 19.4 Å². The van der Waals surface area contributed by atoms with Crippen LogP contribution in [0.3, 0.4) is 0 Å². The zero-order chi connectivity index (χ0) is 8.27. The van der Waals surface area contributed by atoms with Crippen molar-refractivity contribution in [3.05, 3.63) is 16.4 Å². The first-order valence-corrected chi connectivity index (χ1v) is 3.51. The molecule has 0 saturated heterocycles. The van der Waals surface area contributed by atoms with Gasteiger partial charge < -0.3 is 5.32 Å². The van der Waals surface area contributed by atoms with Gasteiger partial charge in [0.2, 0.25) is 0 Å². The smallest absolute Gasteiger partial charge is 0.310 e. The highest BCUT2D eigenvalue weighted by Crippen LogP contribution is 2.07. The van der Waals surface area contributed by atoms with Gasteiger partial charge in [-0.25, -0.2) is 4.79 Å². The first-order valence-electron chi connectivity index (χ1n) is 3.51. The number of hydrogen-bond acceptors (Lipinski definition) is 4. The van der Waals surface area contributed by atoms with E-state index in [-0.39, 0.29) is 6.04 Å². The summed E-state index contributed by atoms with van der Waals surface area (Å²) in [6, 6.07) is 0.0708. The average molecular weight is 157 g/mol. The summed E-state index contributed by atoms with van der Waals surface area (Å²) in [5.41, 5.74) is 0. The largest absolute Gasteiger partial charge is 0.438 e. The lowest BCUT2D eigenvalue weighted by molar-refractivity contribution is 0.372. The maximum Gasteiger partial charge on any atom is 0.438 e. The summed E-state index contributed by atoms with van der Waals surface area (Å²) < 4.78 is 4.35. The topological polar surface area (TPSA) is 70.9 Å². The fourth-order valence-electron chi connectivity index (χ4n) is 0.926. The molecule has 5 nitrogen and oxygen atoms in total. The van der Waals surface area contributed by atoms with Crippen molar-refractivity contribution in [2.24, 2.45) is 0 Å². The molecular weight excluding hydrogens is 146 g/mol. The predicted molar refractivity (Wildman–Crippen MR) is 39.2 cm³/mol. The van der Waals surface area contributed by atoms with Gasteiger partial charge in [0, 0.05) is 0 Å². The number of nitrogens with zero attached hydrogens (tertiary/aromatic N) is 1. The third-order valence-electron chi connectivity index (χ3n) is 1.54. The van der Waals surface area contributed by atoms with Crippen LogP contribution in [0.1, 0.15) is 25.2 Å². The number of H-pyrrole nitrogens is 1. The first kappa shape index (κ1) is 8.00. The fourth-order valence-corrected chi connectivity index (χ4v) is 0.926. The Kier molecular flexibility index (Phi) is 2.43. The van der Waals surface area contributed by atoms with Crippen LogP contribution in [0.4, 0.5) is 0 Å². The Morgan fingerprint density at radius 1 is 1.82 bits per heavy atom. The number of aromatic nitrogens is 2. The maximum atomic E-state index is 10.5. The number of rotatable bonds is 3. The Hall–Kier alpha value is -1.10. The fraction of sp³-hybridized carbons (Fsp3) is 0.667. The second kappa shape index (κ2) is 3.34. The van der Waals surface area contributed by atoms with Gasteiger partial charge in [0.05, 0.1) is 6.04 Å². The van der Waals surface area contributed by atoms with E-state index in [1.807, 2.05) is 6.92 Å². The van der Waals surface area contributed by atoms with Crippen LogP contribution in [-0.4, -0.2) is 17.2 Å². The lowest BCUT2D eigenvalue weighted by atomic mass is 10.2. The van der Waals surface area contributed by atoms with Gasteiger partial charge in [0.25, 0.3) is 0 Å². The molecule has 1 aromatic heterocycles. The molecule has 0 radical (unpaired) electrons. The van der Waals surface area contributed by atoms with E-state index in [1.54, 1.807) is 7.05 Å². The molecule has 0 spiro atoms. The van der Waals surface area contributed by atoms with Gasteiger partial charge in [-0.3, -0.25) is 9.51 Å². The maximum absolute atomic E-state index is 10.5. The van der Waals surface area contributed by atoms with E-state index in [0.29, 0.717) is 5.82 Å². The van der Waals surface area contributed by atoms with Crippen molar-refractivity contribution < 1.29 is 4.52 Å². The summed E-state index contributed by atoms with van der Waals surface area (Å²) in [7, 11) is 1.81. The van der Waals surface area contributed by atoms with E-state index in [4.69, 9.17) is 0 Å². The molecule has 0 aliphatic heterocycles. The van der Waals surface area contributed by atoms with Gasteiger partial charge in [0.1, 0.15) is 0 Å². The van der Waals surface area contributed by atoms with Crippen LogP contribution < -0.4 is 11.1 Å². The minimum absolute atomic E-state index is 0.0708. The average Bonchev–Trinajstić information content (AvgIpc) is 2.39. The molecule has 1 rings (SSSR count). The molecule has 2 N–H and O–H groups in total. The lowest BCUT2D eigenvalue weighted by Crippen LogP contribution is -2.17. The number of nitrogens with one attached hydrogen (secondary N) is 2. The summed E-state index contributed by atoms with van der Waals surface area (Å²) in [5, 5.41) is 6.54. The molecule has 1 atom stereocenters. The summed E-state index contributed by atoms with van der Waals surface area (Å²) in [6.07, 6.45) is 0.860. The quantitative estimate of drug-likeness (QED) is 0.649. The van der Waals surface area contributed by atoms with Crippen LogP contribution in [-0.2, 0) is 0 Å². The molecule has 0 saturated carbocycles. The van der Waals surface area contributed by atoms with Crippen LogP contribution in [0, 0.1) is 0 Å². The van der Waals surface area contributed by atoms with Crippen molar-refractivity contribution in [3.8, 4) is 0 Å². The molecular formula is C6H11N3O2. The molecule has 0 amide bonds. The summed E-state index contributed by atoms with van der Waals surface area (Å²) in [6.45, 7) is 1.99. The molecule has 0 aliphatic carbocycles. The Morgan fingerprint density at radius 2 is 2.55 bits per heavy atom. The highest BCUT2D eigenvalue weighted by molar-refractivity contribution is 4.88. The van der Waals surface area contributed by atoms with Crippen molar-refractivity contribution in [2.75, 3.05) is 7.05 Å². The van der Waals surface area contributed by atoms with Crippen molar-refractivity contribution in [1.29, 1.82) is 0 Å². The molecule has 11 heavy (non-hydrogen) atoms.